The van der Waals surface area contributed by atoms with Gasteiger partial charge in [-0.1, -0.05) is 6.92 Å². The molecule has 0 rings (SSSR count). The molecule has 110 valence electrons. The van der Waals surface area contributed by atoms with E-state index >= 15 is 0 Å². The van der Waals surface area contributed by atoms with Crippen LogP contribution in [0.2, 0.25) is 0 Å². The summed E-state index contributed by atoms with van der Waals surface area (Å²) in [4.78, 5) is 34.0. The van der Waals surface area contributed by atoms with Crippen LogP contribution >= 0.6 is 0 Å². The second-order valence-electron chi connectivity index (χ2n) is 4.17. The highest BCUT2D eigenvalue weighted by Gasteiger charge is 2.43. The van der Waals surface area contributed by atoms with Crippen LogP contribution in [-0.2, 0) is 28.6 Å². The van der Waals surface area contributed by atoms with Crippen molar-refractivity contribution in [3.63, 3.8) is 0 Å². The Bertz CT molecular complexity index is 339. The first kappa shape index (κ1) is 17.4. The van der Waals surface area contributed by atoms with E-state index in [0.29, 0.717) is 0 Å². The van der Waals surface area contributed by atoms with E-state index in [1.807, 2.05) is 0 Å². The Balaban J connectivity index is 4.90. The third-order valence-corrected chi connectivity index (χ3v) is 2.99. The summed E-state index contributed by atoms with van der Waals surface area (Å²) in [6, 6.07) is 0. The zero-order valence-corrected chi connectivity index (χ0v) is 11.6. The predicted molar refractivity (Wildman–Crippen MR) is 64.0 cm³/mol. The van der Waals surface area contributed by atoms with Gasteiger partial charge >= 0.3 is 17.9 Å². The van der Waals surface area contributed by atoms with Crippen LogP contribution in [0.25, 0.3) is 0 Å². The van der Waals surface area contributed by atoms with Crippen molar-refractivity contribution in [3.05, 3.63) is 0 Å². The molecule has 0 aromatic rings. The second kappa shape index (κ2) is 7.73. The molecule has 0 bridgehead atoms. The van der Waals surface area contributed by atoms with Crippen molar-refractivity contribution in [2.45, 2.75) is 31.8 Å². The molecule has 0 fully saturated rings. The molecule has 0 aromatic carbocycles. The number of rotatable bonds is 7. The normalized spacial score (nSPS) is 15.0. The zero-order valence-electron chi connectivity index (χ0n) is 11.6. The number of aliphatic hydroxyl groups is 1. The average molecular weight is 276 g/mol. The van der Waals surface area contributed by atoms with Crippen LogP contribution in [0.3, 0.4) is 0 Å². The van der Waals surface area contributed by atoms with Gasteiger partial charge in [-0.05, 0) is 6.42 Å². The quantitative estimate of drug-likeness (QED) is 0.517. The number of ether oxygens (including phenoxy) is 3. The van der Waals surface area contributed by atoms with Gasteiger partial charge in [-0.2, -0.15) is 0 Å². The third kappa shape index (κ3) is 4.86. The number of carbonyl (C=O) groups is 3. The van der Waals surface area contributed by atoms with E-state index in [1.165, 1.54) is 21.1 Å². The van der Waals surface area contributed by atoms with Gasteiger partial charge in [0.15, 0.2) is 5.60 Å². The molecule has 2 atom stereocenters. The largest absolute Gasteiger partial charge is 0.469 e. The Morgan fingerprint density at radius 3 is 2.00 bits per heavy atom. The van der Waals surface area contributed by atoms with E-state index in [0.717, 1.165) is 7.11 Å². The molecule has 7 heteroatoms. The summed E-state index contributed by atoms with van der Waals surface area (Å²) < 4.78 is 13.5. The first-order chi connectivity index (χ1) is 8.81. The number of methoxy groups -OCH3 is 3. The van der Waals surface area contributed by atoms with Crippen LogP contribution in [0.1, 0.15) is 26.2 Å². The average Bonchev–Trinajstić information content (AvgIpc) is 2.42. The minimum absolute atomic E-state index is 0.159. The molecule has 0 saturated carbocycles. The van der Waals surface area contributed by atoms with Gasteiger partial charge in [0.25, 0.3) is 0 Å². The molecule has 0 spiro atoms. The Morgan fingerprint density at radius 1 is 1.05 bits per heavy atom. The highest BCUT2D eigenvalue weighted by Crippen LogP contribution is 2.28. The SMILES string of the molecule is COC(=O)CCC(O)(C(=O)OC)C(C)CC(=O)OC. The molecule has 19 heavy (non-hydrogen) atoms. The van der Waals surface area contributed by atoms with Gasteiger partial charge in [0, 0.05) is 12.3 Å². The van der Waals surface area contributed by atoms with Gasteiger partial charge in [-0.3, -0.25) is 9.59 Å². The van der Waals surface area contributed by atoms with Crippen molar-refractivity contribution < 1.29 is 33.7 Å². The van der Waals surface area contributed by atoms with Crippen LogP contribution in [-0.4, -0.2) is 49.9 Å². The van der Waals surface area contributed by atoms with Crippen molar-refractivity contribution in [1.29, 1.82) is 0 Å². The molecule has 0 aliphatic heterocycles. The highest BCUT2D eigenvalue weighted by atomic mass is 16.5. The van der Waals surface area contributed by atoms with E-state index in [1.54, 1.807) is 0 Å². The van der Waals surface area contributed by atoms with Gasteiger partial charge in [-0.15, -0.1) is 0 Å². The maximum absolute atomic E-state index is 11.7. The lowest BCUT2D eigenvalue weighted by Gasteiger charge is -2.30. The van der Waals surface area contributed by atoms with Crippen LogP contribution < -0.4 is 0 Å². The van der Waals surface area contributed by atoms with E-state index in [9.17, 15) is 19.5 Å². The summed E-state index contributed by atoms with van der Waals surface area (Å²) in [6.45, 7) is 1.51. The van der Waals surface area contributed by atoms with Crippen LogP contribution in [0, 0.1) is 5.92 Å². The van der Waals surface area contributed by atoms with Gasteiger partial charge in [0.1, 0.15) is 0 Å². The summed E-state index contributed by atoms with van der Waals surface area (Å²) in [5.41, 5.74) is -1.93. The van der Waals surface area contributed by atoms with Crippen molar-refractivity contribution in [1.82, 2.24) is 0 Å². The van der Waals surface area contributed by atoms with Gasteiger partial charge in [0.05, 0.1) is 27.8 Å². The zero-order chi connectivity index (χ0) is 15.1. The standard InChI is InChI=1S/C12H20O7/c1-8(7-10(14)18-3)12(16,11(15)19-4)6-5-9(13)17-2/h8,16H,5-7H2,1-4H3. The Labute approximate surface area is 111 Å². The molecule has 0 radical (unpaired) electrons. The lowest BCUT2D eigenvalue weighted by molar-refractivity contribution is -0.172. The molecule has 0 saturated heterocycles. The molecule has 2 unspecified atom stereocenters. The molecule has 7 nitrogen and oxygen atoms in total. The van der Waals surface area contributed by atoms with Crippen molar-refractivity contribution in [2.24, 2.45) is 5.92 Å². The Kier molecular flexibility index (Phi) is 7.06. The fourth-order valence-electron chi connectivity index (χ4n) is 1.62. The molecule has 0 aliphatic rings. The van der Waals surface area contributed by atoms with E-state index in [4.69, 9.17) is 0 Å². The van der Waals surface area contributed by atoms with E-state index < -0.39 is 29.4 Å². The van der Waals surface area contributed by atoms with E-state index in [2.05, 4.69) is 14.2 Å². The number of hydrogen-bond donors (Lipinski definition) is 1. The molecule has 0 aliphatic carbocycles. The van der Waals surface area contributed by atoms with Crippen molar-refractivity contribution in [3.8, 4) is 0 Å². The fraction of sp³-hybridized carbons (Fsp3) is 0.750. The summed E-state index contributed by atoms with van der Waals surface area (Å²) in [6.07, 6.45) is -0.513. The molecular formula is C12H20O7. The lowest BCUT2D eigenvalue weighted by Crippen LogP contribution is -2.47. The molecule has 0 aromatic heterocycles. The van der Waals surface area contributed by atoms with Gasteiger partial charge in [0.2, 0.25) is 0 Å². The monoisotopic (exact) mass is 276 g/mol. The third-order valence-electron chi connectivity index (χ3n) is 2.99. The smallest absolute Gasteiger partial charge is 0.338 e. The van der Waals surface area contributed by atoms with Gasteiger partial charge < -0.3 is 19.3 Å². The summed E-state index contributed by atoms with van der Waals surface area (Å²) in [5, 5.41) is 10.3. The number of esters is 3. The first-order valence-electron chi connectivity index (χ1n) is 5.76. The first-order valence-corrected chi connectivity index (χ1v) is 5.76. The molecule has 0 heterocycles. The maximum atomic E-state index is 11.7. The molecule has 1 N–H and O–H groups in total. The van der Waals surface area contributed by atoms with Gasteiger partial charge in [-0.25, -0.2) is 4.79 Å². The van der Waals surface area contributed by atoms with Crippen molar-refractivity contribution >= 4 is 17.9 Å². The van der Waals surface area contributed by atoms with Crippen LogP contribution in [0.4, 0.5) is 0 Å². The van der Waals surface area contributed by atoms with E-state index in [-0.39, 0.29) is 19.3 Å². The van der Waals surface area contributed by atoms with Crippen LogP contribution in [0.5, 0.6) is 0 Å². The Morgan fingerprint density at radius 2 is 1.58 bits per heavy atom. The molecular weight excluding hydrogens is 256 g/mol. The lowest BCUT2D eigenvalue weighted by atomic mass is 9.82. The minimum Gasteiger partial charge on any atom is -0.469 e. The predicted octanol–water partition coefficient (Wildman–Crippen LogP) is 0.0429. The molecule has 0 amide bonds. The number of carbonyl (C=O) groups excluding carboxylic acids is 3. The minimum atomic E-state index is -1.93. The summed E-state index contributed by atoms with van der Waals surface area (Å²) in [7, 11) is 3.54. The number of hydrogen-bond acceptors (Lipinski definition) is 7. The topological polar surface area (TPSA) is 99.1 Å². The summed E-state index contributed by atoms with van der Waals surface area (Å²) in [5.74, 6) is -2.77. The second-order valence-corrected chi connectivity index (χ2v) is 4.17. The summed E-state index contributed by atoms with van der Waals surface area (Å²) >= 11 is 0. The van der Waals surface area contributed by atoms with Crippen LogP contribution in [0.15, 0.2) is 0 Å². The Hall–Kier alpha value is -1.63. The maximum Gasteiger partial charge on any atom is 0.338 e. The fourth-order valence-corrected chi connectivity index (χ4v) is 1.62. The van der Waals surface area contributed by atoms with Crippen molar-refractivity contribution in [2.75, 3.05) is 21.3 Å². The highest BCUT2D eigenvalue weighted by molar-refractivity contribution is 5.82.